The third-order valence-corrected chi connectivity index (χ3v) is 3.47. The molecule has 0 bridgehead atoms. The van der Waals surface area contributed by atoms with Crippen LogP contribution in [0.2, 0.25) is 0 Å². The maximum atomic E-state index is 5.53. The molecule has 4 rings (SSSR count). The average molecular weight is 291 g/mol. The first-order valence-corrected chi connectivity index (χ1v) is 6.88. The van der Waals surface area contributed by atoms with E-state index in [-0.39, 0.29) is 0 Å². The largest absolute Gasteiger partial charge is 0.497 e. The first-order chi connectivity index (χ1) is 10.9. The minimum atomic E-state index is 0.695. The van der Waals surface area contributed by atoms with Crippen LogP contribution in [0.5, 0.6) is 5.75 Å². The topological polar surface area (TPSA) is 53.1 Å². The molecule has 108 valence electrons. The summed E-state index contributed by atoms with van der Waals surface area (Å²) in [5, 5.41) is 0. The SMILES string of the molecule is COc1cccc(-n2c(-c3ccco3)nc3cccnc32)c1. The number of benzene rings is 1. The van der Waals surface area contributed by atoms with Crippen molar-refractivity contribution in [2.75, 3.05) is 7.11 Å². The van der Waals surface area contributed by atoms with Crippen LogP contribution in [0.1, 0.15) is 0 Å². The van der Waals surface area contributed by atoms with Crippen molar-refractivity contribution in [1.82, 2.24) is 14.5 Å². The van der Waals surface area contributed by atoms with Gasteiger partial charge in [-0.25, -0.2) is 9.97 Å². The number of nitrogens with zero attached hydrogens (tertiary/aromatic N) is 3. The molecule has 0 radical (unpaired) electrons. The molecule has 5 heteroatoms. The molecule has 22 heavy (non-hydrogen) atoms. The number of methoxy groups -OCH3 is 1. The minimum Gasteiger partial charge on any atom is -0.497 e. The Balaban J connectivity index is 2.04. The molecule has 0 spiro atoms. The number of aromatic nitrogens is 3. The Hall–Kier alpha value is -3.08. The van der Waals surface area contributed by atoms with Gasteiger partial charge in [0.15, 0.2) is 17.2 Å². The third kappa shape index (κ3) is 1.95. The lowest BCUT2D eigenvalue weighted by Crippen LogP contribution is -1.98. The summed E-state index contributed by atoms with van der Waals surface area (Å²) in [6, 6.07) is 15.3. The van der Waals surface area contributed by atoms with Gasteiger partial charge in [-0.05, 0) is 36.4 Å². The van der Waals surface area contributed by atoms with Gasteiger partial charge in [0.05, 0.1) is 19.1 Å². The Morgan fingerprint density at radius 3 is 2.86 bits per heavy atom. The van der Waals surface area contributed by atoms with Crippen LogP contribution in [0.3, 0.4) is 0 Å². The lowest BCUT2D eigenvalue weighted by molar-refractivity contribution is 0.414. The highest BCUT2D eigenvalue weighted by Crippen LogP contribution is 2.29. The van der Waals surface area contributed by atoms with Crippen LogP contribution < -0.4 is 4.74 Å². The van der Waals surface area contributed by atoms with Crippen LogP contribution in [-0.2, 0) is 0 Å². The van der Waals surface area contributed by atoms with E-state index in [2.05, 4.69) is 9.97 Å². The van der Waals surface area contributed by atoms with Crippen molar-refractivity contribution in [2.24, 2.45) is 0 Å². The predicted molar refractivity (Wildman–Crippen MR) is 83.1 cm³/mol. The second-order valence-corrected chi connectivity index (χ2v) is 4.80. The van der Waals surface area contributed by atoms with Crippen LogP contribution in [0.15, 0.2) is 65.4 Å². The smallest absolute Gasteiger partial charge is 0.183 e. The van der Waals surface area contributed by atoms with Gasteiger partial charge in [0.1, 0.15) is 11.3 Å². The molecule has 0 aliphatic rings. The normalized spacial score (nSPS) is 11.0. The molecule has 5 nitrogen and oxygen atoms in total. The van der Waals surface area contributed by atoms with Gasteiger partial charge in [0.2, 0.25) is 0 Å². The molecule has 0 unspecified atom stereocenters. The molecule has 0 aliphatic carbocycles. The zero-order chi connectivity index (χ0) is 14.9. The Bertz CT molecular complexity index is 926. The number of pyridine rings is 1. The highest BCUT2D eigenvalue weighted by atomic mass is 16.5. The summed E-state index contributed by atoms with van der Waals surface area (Å²) in [6.07, 6.45) is 3.39. The number of furan rings is 1. The summed E-state index contributed by atoms with van der Waals surface area (Å²) < 4.78 is 12.8. The van der Waals surface area contributed by atoms with E-state index in [1.807, 2.05) is 53.1 Å². The molecular weight excluding hydrogens is 278 g/mol. The van der Waals surface area contributed by atoms with E-state index in [1.165, 1.54) is 0 Å². The van der Waals surface area contributed by atoms with Gasteiger partial charge in [-0.2, -0.15) is 0 Å². The van der Waals surface area contributed by atoms with Crippen molar-refractivity contribution in [1.29, 1.82) is 0 Å². The highest BCUT2D eigenvalue weighted by Gasteiger charge is 2.17. The first kappa shape index (κ1) is 12.6. The maximum absolute atomic E-state index is 5.53. The monoisotopic (exact) mass is 291 g/mol. The van der Waals surface area contributed by atoms with Crippen LogP contribution in [0.4, 0.5) is 0 Å². The molecule has 0 saturated carbocycles. The summed E-state index contributed by atoms with van der Waals surface area (Å²) in [5.41, 5.74) is 2.52. The number of hydrogen-bond donors (Lipinski definition) is 0. The lowest BCUT2D eigenvalue weighted by Gasteiger charge is -2.08. The summed E-state index contributed by atoms with van der Waals surface area (Å²) in [5.74, 6) is 2.19. The number of rotatable bonds is 3. The van der Waals surface area contributed by atoms with E-state index >= 15 is 0 Å². The molecule has 3 aromatic heterocycles. The zero-order valence-corrected chi connectivity index (χ0v) is 11.9. The van der Waals surface area contributed by atoms with Crippen molar-refractivity contribution in [3.8, 4) is 23.0 Å². The van der Waals surface area contributed by atoms with Crippen LogP contribution in [-0.4, -0.2) is 21.6 Å². The standard InChI is InChI=1S/C17H13N3O2/c1-21-13-6-2-5-12(11-13)20-16-14(7-3-9-18-16)19-17(20)15-8-4-10-22-15/h2-11H,1H3. The van der Waals surface area contributed by atoms with E-state index in [0.717, 1.165) is 22.6 Å². The Morgan fingerprint density at radius 1 is 1.09 bits per heavy atom. The van der Waals surface area contributed by atoms with Crippen LogP contribution >= 0.6 is 0 Å². The van der Waals surface area contributed by atoms with Gasteiger partial charge in [-0.1, -0.05) is 6.07 Å². The second kappa shape index (κ2) is 5.04. The van der Waals surface area contributed by atoms with Gasteiger partial charge < -0.3 is 9.15 Å². The Kier molecular flexibility index (Phi) is 2.89. The summed E-state index contributed by atoms with van der Waals surface area (Å²) in [4.78, 5) is 9.11. The summed E-state index contributed by atoms with van der Waals surface area (Å²) in [7, 11) is 1.65. The molecule has 1 aromatic carbocycles. The molecule has 0 atom stereocenters. The quantitative estimate of drug-likeness (QED) is 0.577. The van der Waals surface area contributed by atoms with Crippen molar-refractivity contribution >= 4 is 11.2 Å². The van der Waals surface area contributed by atoms with E-state index < -0.39 is 0 Å². The van der Waals surface area contributed by atoms with E-state index in [9.17, 15) is 0 Å². The Morgan fingerprint density at radius 2 is 2.05 bits per heavy atom. The average Bonchev–Trinajstić information content (AvgIpc) is 3.22. The minimum absolute atomic E-state index is 0.695. The van der Waals surface area contributed by atoms with Crippen molar-refractivity contribution in [2.45, 2.75) is 0 Å². The van der Waals surface area contributed by atoms with Gasteiger partial charge in [-0.3, -0.25) is 4.57 Å². The highest BCUT2D eigenvalue weighted by molar-refractivity contribution is 5.78. The molecule has 0 fully saturated rings. The van der Waals surface area contributed by atoms with Gasteiger partial charge in [0, 0.05) is 12.3 Å². The first-order valence-electron chi connectivity index (χ1n) is 6.88. The molecule has 0 saturated heterocycles. The second-order valence-electron chi connectivity index (χ2n) is 4.80. The van der Waals surface area contributed by atoms with E-state index in [0.29, 0.717) is 11.6 Å². The van der Waals surface area contributed by atoms with Crippen molar-refractivity contribution in [3.63, 3.8) is 0 Å². The number of ether oxygens (including phenoxy) is 1. The lowest BCUT2D eigenvalue weighted by atomic mass is 10.3. The molecule has 3 heterocycles. The molecular formula is C17H13N3O2. The van der Waals surface area contributed by atoms with Gasteiger partial charge >= 0.3 is 0 Å². The number of hydrogen-bond acceptors (Lipinski definition) is 4. The maximum Gasteiger partial charge on any atom is 0.183 e. The van der Waals surface area contributed by atoms with Crippen molar-refractivity contribution < 1.29 is 9.15 Å². The van der Waals surface area contributed by atoms with Crippen molar-refractivity contribution in [3.05, 3.63) is 61.0 Å². The predicted octanol–water partition coefficient (Wildman–Crippen LogP) is 3.69. The van der Waals surface area contributed by atoms with E-state index in [4.69, 9.17) is 9.15 Å². The van der Waals surface area contributed by atoms with Crippen LogP contribution in [0.25, 0.3) is 28.4 Å². The fourth-order valence-electron chi connectivity index (χ4n) is 2.48. The number of fused-ring (bicyclic) bond motifs is 1. The molecule has 0 amide bonds. The molecule has 4 aromatic rings. The molecule has 0 N–H and O–H groups in total. The van der Waals surface area contributed by atoms with E-state index in [1.54, 1.807) is 19.6 Å². The number of imidazole rings is 1. The summed E-state index contributed by atoms with van der Waals surface area (Å²) in [6.45, 7) is 0. The third-order valence-electron chi connectivity index (χ3n) is 3.47. The summed E-state index contributed by atoms with van der Waals surface area (Å²) >= 11 is 0. The van der Waals surface area contributed by atoms with Gasteiger partial charge in [0.25, 0.3) is 0 Å². The zero-order valence-electron chi connectivity index (χ0n) is 11.9. The fraction of sp³-hybridized carbons (Fsp3) is 0.0588. The fourth-order valence-corrected chi connectivity index (χ4v) is 2.48. The van der Waals surface area contributed by atoms with Gasteiger partial charge in [-0.15, -0.1) is 0 Å². The Labute approximate surface area is 126 Å². The van der Waals surface area contributed by atoms with Crippen LogP contribution in [0, 0.1) is 0 Å². The molecule has 0 aliphatic heterocycles.